The summed E-state index contributed by atoms with van der Waals surface area (Å²) in [6.07, 6.45) is 1.41. The summed E-state index contributed by atoms with van der Waals surface area (Å²) < 4.78 is 17.7. The highest BCUT2D eigenvalue weighted by Gasteiger charge is 2.23. The molecule has 0 fully saturated rings. The zero-order chi connectivity index (χ0) is 16.1. The van der Waals surface area contributed by atoms with Gasteiger partial charge >= 0.3 is 5.97 Å². The van der Waals surface area contributed by atoms with Crippen LogP contribution in [-0.2, 0) is 9.53 Å². The highest BCUT2D eigenvalue weighted by molar-refractivity contribution is 5.95. The van der Waals surface area contributed by atoms with Gasteiger partial charge in [-0.25, -0.2) is 4.39 Å². The van der Waals surface area contributed by atoms with Crippen molar-refractivity contribution in [3.05, 3.63) is 53.1 Å². The van der Waals surface area contributed by atoms with Crippen LogP contribution < -0.4 is 5.32 Å². The third-order valence-electron chi connectivity index (χ3n) is 3.30. The molecule has 2 N–H and O–H groups in total. The van der Waals surface area contributed by atoms with Gasteiger partial charge in [0, 0.05) is 12.2 Å². The van der Waals surface area contributed by atoms with Crippen LogP contribution in [0.2, 0.25) is 0 Å². The average Bonchev–Trinajstić information content (AvgIpc) is 2.94. The van der Waals surface area contributed by atoms with Gasteiger partial charge in [0.2, 0.25) is 0 Å². The molecule has 1 amide bonds. The summed E-state index contributed by atoms with van der Waals surface area (Å²) in [6, 6.07) is 5.50. The van der Waals surface area contributed by atoms with Crippen LogP contribution in [0.3, 0.4) is 0 Å². The molecule has 1 heterocycles. The molecule has 6 nitrogen and oxygen atoms in total. The zero-order valence-corrected chi connectivity index (χ0v) is 12.2. The lowest BCUT2D eigenvalue weighted by Crippen LogP contribution is -2.32. The molecule has 2 rings (SSSR count). The summed E-state index contributed by atoms with van der Waals surface area (Å²) in [5.41, 5.74) is 1.61. The van der Waals surface area contributed by atoms with E-state index in [0.717, 1.165) is 0 Å². The molecule has 1 aromatic heterocycles. The van der Waals surface area contributed by atoms with Gasteiger partial charge in [-0.2, -0.15) is 5.10 Å². The topological polar surface area (TPSA) is 84.1 Å². The average molecular weight is 305 g/mol. The number of esters is 1. The number of carbonyl (C=O) groups excluding carboxylic acids is 2. The van der Waals surface area contributed by atoms with E-state index in [2.05, 4.69) is 15.5 Å². The van der Waals surface area contributed by atoms with Gasteiger partial charge in [-0.3, -0.25) is 14.7 Å². The summed E-state index contributed by atoms with van der Waals surface area (Å²) >= 11 is 0. The van der Waals surface area contributed by atoms with Gasteiger partial charge < -0.3 is 10.1 Å². The number of ether oxygens (including phenoxy) is 1. The van der Waals surface area contributed by atoms with Crippen LogP contribution in [-0.4, -0.2) is 35.7 Å². The van der Waals surface area contributed by atoms with E-state index < -0.39 is 17.7 Å². The van der Waals surface area contributed by atoms with Crippen molar-refractivity contribution in [2.75, 3.05) is 13.7 Å². The number of benzene rings is 1. The number of hydrogen-bond acceptors (Lipinski definition) is 4. The Labute approximate surface area is 126 Å². The summed E-state index contributed by atoms with van der Waals surface area (Å²) in [6.45, 7) is 1.77. The highest BCUT2D eigenvalue weighted by atomic mass is 19.1. The quantitative estimate of drug-likeness (QED) is 0.821. The Hall–Kier alpha value is -2.70. The minimum absolute atomic E-state index is 0.0434. The molecule has 0 bridgehead atoms. The first-order chi connectivity index (χ1) is 10.5. The van der Waals surface area contributed by atoms with Crippen molar-refractivity contribution < 1.29 is 18.7 Å². The first kappa shape index (κ1) is 15.7. The van der Waals surface area contributed by atoms with Crippen LogP contribution in [0.1, 0.15) is 27.5 Å². The number of halogens is 1. The van der Waals surface area contributed by atoms with Crippen molar-refractivity contribution in [3.8, 4) is 0 Å². The van der Waals surface area contributed by atoms with Crippen molar-refractivity contribution in [3.63, 3.8) is 0 Å². The minimum Gasteiger partial charge on any atom is -0.468 e. The fourth-order valence-electron chi connectivity index (χ4n) is 2.04. The zero-order valence-electron chi connectivity index (χ0n) is 12.2. The van der Waals surface area contributed by atoms with Crippen LogP contribution in [0.25, 0.3) is 0 Å². The van der Waals surface area contributed by atoms with E-state index in [1.54, 1.807) is 6.92 Å². The van der Waals surface area contributed by atoms with Gasteiger partial charge in [-0.1, -0.05) is 12.1 Å². The second kappa shape index (κ2) is 6.84. The maximum Gasteiger partial charge on any atom is 0.314 e. The summed E-state index contributed by atoms with van der Waals surface area (Å²) in [4.78, 5) is 23.9. The molecule has 0 spiro atoms. The van der Waals surface area contributed by atoms with Gasteiger partial charge in [0.05, 0.1) is 24.8 Å². The third kappa shape index (κ3) is 3.49. The van der Waals surface area contributed by atoms with Gasteiger partial charge in [-0.05, 0) is 24.6 Å². The van der Waals surface area contributed by atoms with Crippen LogP contribution in [0.4, 0.5) is 4.39 Å². The Bertz CT molecular complexity index is 667. The number of aryl methyl sites for hydroxylation is 1. The van der Waals surface area contributed by atoms with E-state index in [-0.39, 0.29) is 12.5 Å². The van der Waals surface area contributed by atoms with Crippen LogP contribution in [0.5, 0.6) is 0 Å². The molecule has 7 heteroatoms. The minimum atomic E-state index is -0.707. The number of amides is 1. The first-order valence-electron chi connectivity index (χ1n) is 6.64. The van der Waals surface area contributed by atoms with Crippen LogP contribution >= 0.6 is 0 Å². The van der Waals surface area contributed by atoms with E-state index >= 15 is 0 Å². The number of aromatic amines is 1. The third-order valence-corrected chi connectivity index (χ3v) is 3.30. The maximum absolute atomic E-state index is 13.0. The van der Waals surface area contributed by atoms with E-state index in [4.69, 9.17) is 4.74 Å². The van der Waals surface area contributed by atoms with E-state index in [9.17, 15) is 14.0 Å². The molecular weight excluding hydrogens is 289 g/mol. The summed E-state index contributed by atoms with van der Waals surface area (Å²) in [7, 11) is 1.26. The lowest BCUT2D eigenvalue weighted by atomic mass is 9.99. The van der Waals surface area contributed by atoms with Crippen LogP contribution in [0.15, 0.2) is 30.5 Å². The molecular formula is C15H16FN3O3. The largest absolute Gasteiger partial charge is 0.468 e. The molecule has 0 saturated carbocycles. The summed E-state index contributed by atoms with van der Waals surface area (Å²) in [5.74, 6) is -1.95. The summed E-state index contributed by atoms with van der Waals surface area (Å²) in [5, 5.41) is 9.10. The number of methoxy groups -OCH3 is 1. The molecule has 0 saturated heterocycles. The SMILES string of the molecule is COC(=O)C(CNC(=O)c1cn[nH]c1C)c1ccc(F)cc1. The lowest BCUT2D eigenvalue weighted by molar-refractivity contribution is -0.142. The second-order valence-electron chi connectivity index (χ2n) is 4.75. The second-order valence-corrected chi connectivity index (χ2v) is 4.75. The molecule has 1 aromatic carbocycles. The van der Waals surface area contributed by atoms with Crippen molar-refractivity contribution in [1.29, 1.82) is 0 Å². The predicted molar refractivity (Wildman–Crippen MR) is 76.8 cm³/mol. The predicted octanol–water partition coefficient (Wildman–Crippen LogP) is 1.54. The first-order valence-corrected chi connectivity index (χ1v) is 6.64. The van der Waals surface area contributed by atoms with Crippen molar-refractivity contribution in [1.82, 2.24) is 15.5 Å². The normalized spacial score (nSPS) is 11.8. The fourth-order valence-corrected chi connectivity index (χ4v) is 2.04. The van der Waals surface area contributed by atoms with Gasteiger partial charge in [0.15, 0.2) is 0 Å². The molecule has 0 aliphatic rings. The number of carbonyl (C=O) groups is 2. The molecule has 116 valence electrons. The molecule has 2 aromatic rings. The standard InChI is InChI=1S/C15H16FN3O3/c1-9-12(8-18-19-9)14(20)17-7-13(15(21)22-2)10-3-5-11(16)6-4-10/h3-6,8,13H,7H2,1-2H3,(H,17,20)(H,18,19). The Morgan fingerprint density at radius 2 is 2.05 bits per heavy atom. The Kier molecular flexibility index (Phi) is 4.88. The van der Waals surface area contributed by atoms with Gasteiger partial charge in [-0.15, -0.1) is 0 Å². The Morgan fingerprint density at radius 3 is 2.59 bits per heavy atom. The van der Waals surface area contributed by atoms with Gasteiger partial charge in [0.25, 0.3) is 5.91 Å². The number of nitrogens with zero attached hydrogens (tertiary/aromatic N) is 1. The molecule has 0 radical (unpaired) electrons. The number of hydrogen-bond donors (Lipinski definition) is 2. The lowest BCUT2D eigenvalue weighted by Gasteiger charge is -2.15. The highest BCUT2D eigenvalue weighted by Crippen LogP contribution is 2.17. The number of rotatable bonds is 5. The molecule has 1 atom stereocenters. The molecule has 0 aliphatic heterocycles. The van der Waals surface area contributed by atoms with Gasteiger partial charge in [0.1, 0.15) is 5.82 Å². The van der Waals surface area contributed by atoms with Crippen LogP contribution in [0, 0.1) is 12.7 Å². The van der Waals surface area contributed by atoms with Crippen molar-refractivity contribution in [2.45, 2.75) is 12.8 Å². The van der Waals surface area contributed by atoms with E-state index in [0.29, 0.717) is 16.8 Å². The molecule has 22 heavy (non-hydrogen) atoms. The van der Waals surface area contributed by atoms with E-state index in [1.807, 2.05) is 0 Å². The maximum atomic E-state index is 13.0. The number of nitrogens with one attached hydrogen (secondary N) is 2. The smallest absolute Gasteiger partial charge is 0.314 e. The molecule has 0 aliphatic carbocycles. The fraction of sp³-hybridized carbons (Fsp3) is 0.267. The Morgan fingerprint density at radius 1 is 1.36 bits per heavy atom. The van der Waals surface area contributed by atoms with E-state index in [1.165, 1.54) is 37.6 Å². The van der Waals surface area contributed by atoms with Crippen molar-refractivity contribution >= 4 is 11.9 Å². The monoisotopic (exact) mass is 305 g/mol. The number of H-pyrrole nitrogens is 1. The Balaban J connectivity index is 2.11. The number of aromatic nitrogens is 2. The van der Waals surface area contributed by atoms with Crippen molar-refractivity contribution in [2.24, 2.45) is 0 Å². The molecule has 1 unspecified atom stereocenters.